The molecule has 1 N–H and O–H groups in total. The van der Waals surface area contributed by atoms with Gasteiger partial charge in [-0.05, 0) is 18.6 Å². The van der Waals surface area contributed by atoms with Gasteiger partial charge in [-0.3, -0.25) is 0 Å². The highest BCUT2D eigenvalue weighted by Gasteiger charge is 2.07. The second-order valence-electron chi connectivity index (χ2n) is 3.78. The van der Waals surface area contributed by atoms with Crippen molar-refractivity contribution in [2.45, 2.75) is 13.5 Å². The van der Waals surface area contributed by atoms with E-state index >= 15 is 0 Å². The largest absolute Gasteiger partial charge is 0.439 e. The first-order valence-corrected chi connectivity index (χ1v) is 5.67. The number of ether oxygens (including phenoxy) is 1. The minimum absolute atomic E-state index is 0.208. The first-order valence-electron chi connectivity index (χ1n) is 5.29. The molecule has 1 heterocycles. The van der Waals surface area contributed by atoms with Crippen LogP contribution in [0, 0.1) is 12.7 Å². The van der Waals surface area contributed by atoms with Crippen LogP contribution in [-0.2, 0) is 6.61 Å². The normalized spacial score (nSPS) is 10.4. The molecule has 0 spiro atoms. The molecule has 0 saturated carbocycles. The van der Waals surface area contributed by atoms with E-state index in [1.54, 1.807) is 13.0 Å². The maximum absolute atomic E-state index is 13.1. The number of rotatable bonds is 3. The summed E-state index contributed by atoms with van der Waals surface area (Å²) in [6, 6.07) is 5.78. The van der Waals surface area contributed by atoms with Crippen molar-refractivity contribution in [3.63, 3.8) is 0 Å². The molecule has 0 aliphatic heterocycles. The third-order valence-corrected chi connectivity index (χ3v) is 2.78. The lowest BCUT2D eigenvalue weighted by molar-refractivity contribution is 0.281. The number of benzene rings is 1. The smallest absolute Gasteiger partial charge is 0.219 e. The highest BCUT2D eigenvalue weighted by molar-refractivity contribution is 6.31. The van der Waals surface area contributed by atoms with Gasteiger partial charge < -0.3 is 9.84 Å². The van der Waals surface area contributed by atoms with Crippen LogP contribution >= 0.6 is 11.6 Å². The van der Waals surface area contributed by atoms with Gasteiger partial charge in [-0.15, -0.1) is 0 Å². The van der Waals surface area contributed by atoms with E-state index < -0.39 is 0 Å². The van der Waals surface area contributed by atoms with E-state index in [-0.39, 0.29) is 18.3 Å². The molecule has 1 aromatic carbocycles. The van der Waals surface area contributed by atoms with E-state index in [4.69, 9.17) is 21.4 Å². The average molecular weight is 268 g/mol. The van der Waals surface area contributed by atoms with E-state index in [2.05, 4.69) is 4.98 Å². The molecular formula is C13H11ClFNO2. The number of aryl methyl sites for hydroxylation is 1. The van der Waals surface area contributed by atoms with Gasteiger partial charge >= 0.3 is 0 Å². The van der Waals surface area contributed by atoms with E-state index in [9.17, 15) is 4.39 Å². The van der Waals surface area contributed by atoms with Crippen LogP contribution in [0.2, 0.25) is 5.02 Å². The van der Waals surface area contributed by atoms with Crippen molar-refractivity contribution in [2.75, 3.05) is 0 Å². The van der Waals surface area contributed by atoms with Gasteiger partial charge in [0.1, 0.15) is 11.6 Å². The predicted octanol–water partition coefficient (Wildman–Crippen LogP) is 3.47. The van der Waals surface area contributed by atoms with Crippen LogP contribution < -0.4 is 4.74 Å². The van der Waals surface area contributed by atoms with Crippen LogP contribution in [0.15, 0.2) is 30.5 Å². The highest BCUT2D eigenvalue weighted by Crippen LogP contribution is 2.26. The van der Waals surface area contributed by atoms with E-state index in [1.807, 2.05) is 0 Å². The first-order chi connectivity index (χ1) is 8.60. The summed E-state index contributed by atoms with van der Waals surface area (Å²) in [5, 5.41) is 9.44. The van der Waals surface area contributed by atoms with Gasteiger partial charge in [-0.25, -0.2) is 9.37 Å². The van der Waals surface area contributed by atoms with Crippen molar-refractivity contribution in [2.24, 2.45) is 0 Å². The maximum Gasteiger partial charge on any atom is 0.219 e. The van der Waals surface area contributed by atoms with Crippen LogP contribution in [0.25, 0.3) is 0 Å². The summed E-state index contributed by atoms with van der Waals surface area (Å²) < 4.78 is 18.6. The summed E-state index contributed by atoms with van der Waals surface area (Å²) in [6.07, 6.45) is 1.39. The van der Waals surface area contributed by atoms with Gasteiger partial charge in [-0.1, -0.05) is 17.7 Å². The highest BCUT2D eigenvalue weighted by atomic mass is 35.5. The summed E-state index contributed by atoms with van der Waals surface area (Å²) in [7, 11) is 0. The number of aromatic nitrogens is 1. The molecular weight excluding hydrogens is 257 g/mol. The van der Waals surface area contributed by atoms with Gasteiger partial charge in [0.2, 0.25) is 5.88 Å². The van der Waals surface area contributed by atoms with Gasteiger partial charge in [-0.2, -0.15) is 0 Å². The molecule has 5 heteroatoms. The molecule has 3 nitrogen and oxygen atoms in total. The molecule has 2 rings (SSSR count). The van der Waals surface area contributed by atoms with Gasteiger partial charge in [0.05, 0.1) is 11.6 Å². The van der Waals surface area contributed by atoms with Crippen molar-refractivity contribution in [3.8, 4) is 11.6 Å². The van der Waals surface area contributed by atoms with Gasteiger partial charge in [0.25, 0.3) is 0 Å². The Morgan fingerprint density at radius 2 is 2.17 bits per heavy atom. The number of halogens is 2. The monoisotopic (exact) mass is 267 g/mol. The standard InChI is InChI=1S/C13H11ClFNO2/c1-8-2-3-10(15)5-12(8)18-13-4-9(7-17)11(14)6-16-13/h2-6,17H,7H2,1H3. The molecule has 94 valence electrons. The Labute approximate surface area is 109 Å². The Kier molecular flexibility index (Phi) is 3.79. The summed E-state index contributed by atoms with van der Waals surface area (Å²) >= 11 is 5.82. The summed E-state index contributed by atoms with van der Waals surface area (Å²) in [6.45, 7) is 1.59. The number of aliphatic hydroxyl groups is 1. The summed E-state index contributed by atoms with van der Waals surface area (Å²) in [5.74, 6) is 0.262. The minimum Gasteiger partial charge on any atom is -0.439 e. The van der Waals surface area contributed by atoms with E-state index in [0.717, 1.165) is 5.56 Å². The van der Waals surface area contributed by atoms with Crippen LogP contribution in [0.3, 0.4) is 0 Å². The number of aliphatic hydroxyl groups excluding tert-OH is 1. The molecule has 0 radical (unpaired) electrons. The zero-order valence-corrected chi connectivity index (χ0v) is 10.4. The van der Waals surface area contributed by atoms with Crippen LogP contribution in [0.1, 0.15) is 11.1 Å². The van der Waals surface area contributed by atoms with Crippen LogP contribution in [0.5, 0.6) is 11.6 Å². The molecule has 1 aromatic heterocycles. The van der Waals surface area contributed by atoms with Crippen molar-refractivity contribution in [1.29, 1.82) is 0 Å². The molecule has 18 heavy (non-hydrogen) atoms. The zero-order chi connectivity index (χ0) is 13.1. The van der Waals surface area contributed by atoms with Crippen molar-refractivity contribution >= 4 is 11.6 Å². The van der Waals surface area contributed by atoms with Gasteiger partial charge in [0.15, 0.2) is 0 Å². The first kappa shape index (κ1) is 12.8. The molecule has 0 atom stereocenters. The summed E-state index contributed by atoms with van der Waals surface area (Å²) in [5.41, 5.74) is 1.30. The SMILES string of the molecule is Cc1ccc(F)cc1Oc1cc(CO)c(Cl)cn1. The lowest BCUT2D eigenvalue weighted by atomic mass is 10.2. The van der Waals surface area contributed by atoms with Crippen LogP contribution in [-0.4, -0.2) is 10.1 Å². The molecule has 0 bridgehead atoms. The second kappa shape index (κ2) is 5.33. The second-order valence-corrected chi connectivity index (χ2v) is 4.19. The zero-order valence-electron chi connectivity index (χ0n) is 9.65. The number of hydrogen-bond donors (Lipinski definition) is 1. The fraction of sp³-hybridized carbons (Fsp3) is 0.154. The Bertz CT molecular complexity index is 575. The molecule has 0 saturated heterocycles. The predicted molar refractivity (Wildman–Crippen MR) is 66.4 cm³/mol. The Balaban J connectivity index is 2.31. The van der Waals surface area contributed by atoms with E-state index in [1.165, 1.54) is 24.4 Å². The number of nitrogens with zero attached hydrogens (tertiary/aromatic N) is 1. The van der Waals surface area contributed by atoms with Crippen LogP contribution in [0.4, 0.5) is 4.39 Å². The molecule has 0 aliphatic carbocycles. The maximum atomic E-state index is 13.1. The third-order valence-electron chi connectivity index (χ3n) is 2.44. The third kappa shape index (κ3) is 2.78. The van der Waals surface area contributed by atoms with Crippen molar-refractivity contribution in [3.05, 3.63) is 52.4 Å². The molecule has 2 aromatic rings. The number of hydrogen-bond acceptors (Lipinski definition) is 3. The molecule has 0 fully saturated rings. The topological polar surface area (TPSA) is 42.4 Å². The lowest BCUT2D eigenvalue weighted by Crippen LogP contribution is -1.94. The fourth-order valence-corrected chi connectivity index (χ4v) is 1.60. The average Bonchev–Trinajstić information content (AvgIpc) is 2.36. The minimum atomic E-state index is -0.382. The van der Waals surface area contributed by atoms with Crippen molar-refractivity contribution in [1.82, 2.24) is 4.98 Å². The van der Waals surface area contributed by atoms with Gasteiger partial charge in [0, 0.05) is 23.9 Å². The Hall–Kier alpha value is -1.65. The van der Waals surface area contributed by atoms with Crippen molar-refractivity contribution < 1.29 is 14.2 Å². The molecule has 0 unspecified atom stereocenters. The number of pyridine rings is 1. The lowest BCUT2D eigenvalue weighted by Gasteiger charge is -2.09. The Morgan fingerprint density at radius 3 is 2.89 bits per heavy atom. The fourth-order valence-electron chi connectivity index (χ4n) is 1.43. The Morgan fingerprint density at radius 1 is 1.39 bits per heavy atom. The quantitative estimate of drug-likeness (QED) is 0.926. The van der Waals surface area contributed by atoms with E-state index in [0.29, 0.717) is 16.3 Å². The summed E-state index contributed by atoms with van der Waals surface area (Å²) in [4.78, 5) is 3.97. The molecule has 0 aliphatic rings. The molecule has 0 amide bonds.